The van der Waals surface area contributed by atoms with Crippen molar-refractivity contribution in [1.29, 1.82) is 0 Å². The number of nitrogens with one attached hydrogen (secondary N) is 1. The van der Waals surface area contributed by atoms with Gasteiger partial charge in [0.1, 0.15) is 11.4 Å². The van der Waals surface area contributed by atoms with Crippen LogP contribution in [0, 0.1) is 0 Å². The second kappa shape index (κ2) is 3.60. The van der Waals surface area contributed by atoms with Gasteiger partial charge in [-0.2, -0.15) is 0 Å². The van der Waals surface area contributed by atoms with Crippen molar-refractivity contribution in [2.24, 2.45) is 0 Å². The molecule has 1 aromatic rings. The summed E-state index contributed by atoms with van der Waals surface area (Å²) in [5.74, 6) is -0.227. The first-order valence-corrected chi connectivity index (χ1v) is 6.26. The van der Waals surface area contributed by atoms with Crippen LogP contribution in [0.3, 0.4) is 0 Å². The first-order chi connectivity index (χ1) is 8.14. The van der Waals surface area contributed by atoms with Gasteiger partial charge in [0, 0.05) is 6.07 Å². The Hall–Kier alpha value is -1.29. The van der Waals surface area contributed by atoms with Gasteiger partial charge in [0.05, 0.1) is 5.02 Å². The Morgan fingerprint density at radius 3 is 2.59 bits per heavy atom. The highest BCUT2D eigenvalue weighted by atomic mass is 35.5. The molecule has 1 saturated carbocycles. The van der Waals surface area contributed by atoms with Gasteiger partial charge < -0.3 is 5.32 Å². The lowest BCUT2D eigenvalue weighted by Crippen LogP contribution is -2.48. The van der Waals surface area contributed by atoms with Gasteiger partial charge in [0.2, 0.25) is 0 Å². The van der Waals surface area contributed by atoms with Crippen molar-refractivity contribution in [1.82, 2.24) is 9.88 Å². The molecule has 1 N–H and O–H groups in total. The maximum atomic E-state index is 12.0. The second-order valence-electron chi connectivity index (χ2n) is 4.75. The van der Waals surface area contributed by atoms with E-state index in [1.807, 2.05) is 0 Å². The molecule has 0 aromatic carbocycles. The van der Waals surface area contributed by atoms with Gasteiger partial charge in [-0.1, -0.05) is 18.0 Å². The summed E-state index contributed by atoms with van der Waals surface area (Å²) in [7, 11) is 0. The van der Waals surface area contributed by atoms with Crippen molar-refractivity contribution in [3.05, 3.63) is 33.2 Å². The van der Waals surface area contributed by atoms with Crippen molar-refractivity contribution in [2.75, 3.05) is 0 Å². The number of pyridine rings is 1. The Kier molecular flexibility index (Phi) is 2.30. The predicted octanol–water partition coefficient (Wildman–Crippen LogP) is 1.86. The number of nitrogens with zero attached hydrogens (tertiary/aromatic N) is 1. The van der Waals surface area contributed by atoms with Crippen molar-refractivity contribution >= 4 is 17.5 Å². The van der Waals surface area contributed by atoms with Crippen LogP contribution < -0.4 is 10.9 Å². The average molecular weight is 253 g/mol. The summed E-state index contributed by atoms with van der Waals surface area (Å²) in [6, 6.07) is 2.93. The monoisotopic (exact) mass is 252 g/mol. The predicted molar refractivity (Wildman–Crippen MR) is 64.2 cm³/mol. The van der Waals surface area contributed by atoms with E-state index in [0.717, 1.165) is 32.1 Å². The van der Waals surface area contributed by atoms with Gasteiger partial charge in [0.25, 0.3) is 11.5 Å². The van der Waals surface area contributed by atoms with E-state index in [2.05, 4.69) is 5.32 Å². The van der Waals surface area contributed by atoms with Crippen LogP contribution in [0.4, 0.5) is 0 Å². The smallest absolute Gasteiger partial charge is 0.271 e. The molecule has 0 bridgehead atoms. The van der Waals surface area contributed by atoms with E-state index < -0.39 is 5.66 Å². The van der Waals surface area contributed by atoms with Crippen LogP contribution in [-0.2, 0) is 5.66 Å². The van der Waals surface area contributed by atoms with Crippen LogP contribution in [-0.4, -0.2) is 10.5 Å². The fraction of sp³-hybridized carbons (Fsp3) is 0.500. The normalized spacial score (nSPS) is 21.4. The third kappa shape index (κ3) is 1.43. The number of hydrogen-bond acceptors (Lipinski definition) is 2. The molecule has 2 aliphatic rings. The zero-order chi connectivity index (χ0) is 12.0. The van der Waals surface area contributed by atoms with E-state index in [0.29, 0.717) is 10.7 Å². The molecule has 0 saturated heterocycles. The summed E-state index contributed by atoms with van der Waals surface area (Å²) in [6.45, 7) is 0. The molecule has 0 atom stereocenters. The molecule has 1 spiro atoms. The largest absolute Gasteiger partial charge is 0.327 e. The number of hydrogen-bond donors (Lipinski definition) is 1. The molecule has 5 heteroatoms. The van der Waals surface area contributed by atoms with E-state index in [1.165, 1.54) is 12.1 Å². The van der Waals surface area contributed by atoms with Gasteiger partial charge in [-0.15, -0.1) is 0 Å². The minimum atomic E-state index is -0.521. The lowest BCUT2D eigenvalue weighted by molar-refractivity contribution is 0.0877. The third-order valence-electron chi connectivity index (χ3n) is 3.71. The van der Waals surface area contributed by atoms with Crippen molar-refractivity contribution in [3.63, 3.8) is 0 Å². The lowest BCUT2D eigenvalue weighted by atomic mass is 9.89. The van der Waals surface area contributed by atoms with Crippen LogP contribution in [0.15, 0.2) is 16.9 Å². The Morgan fingerprint density at radius 2 is 1.88 bits per heavy atom. The summed E-state index contributed by atoms with van der Waals surface area (Å²) in [5.41, 5.74) is -0.349. The minimum absolute atomic E-state index is 0.148. The Labute approximate surface area is 104 Å². The molecule has 1 aliphatic heterocycles. The van der Waals surface area contributed by atoms with E-state index in [1.54, 1.807) is 4.57 Å². The SMILES string of the molecule is O=C1NC2(CCCCC2)n2c1c(Cl)ccc2=O. The molecule has 0 unspecified atom stereocenters. The quantitative estimate of drug-likeness (QED) is 0.766. The highest BCUT2D eigenvalue weighted by Crippen LogP contribution is 2.37. The van der Waals surface area contributed by atoms with Crippen LogP contribution >= 0.6 is 11.6 Å². The molecule has 3 rings (SSSR count). The molecule has 1 amide bonds. The molecule has 1 fully saturated rings. The van der Waals surface area contributed by atoms with Gasteiger partial charge in [-0.3, -0.25) is 14.2 Å². The molecule has 17 heavy (non-hydrogen) atoms. The summed E-state index contributed by atoms with van der Waals surface area (Å²) in [6.07, 6.45) is 4.83. The zero-order valence-electron chi connectivity index (χ0n) is 9.33. The Morgan fingerprint density at radius 1 is 1.18 bits per heavy atom. The van der Waals surface area contributed by atoms with Gasteiger partial charge in [0.15, 0.2) is 0 Å². The number of amides is 1. The van der Waals surface area contributed by atoms with Crippen LogP contribution in [0.25, 0.3) is 0 Å². The van der Waals surface area contributed by atoms with E-state index >= 15 is 0 Å². The third-order valence-corrected chi connectivity index (χ3v) is 4.02. The van der Waals surface area contributed by atoms with Crippen molar-refractivity contribution in [3.8, 4) is 0 Å². The Bertz CT molecular complexity index is 544. The van der Waals surface area contributed by atoms with Gasteiger partial charge in [-0.25, -0.2) is 0 Å². The summed E-state index contributed by atoms with van der Waals surface area (Å²) in [4.78, 5) is 24.0. The molecule has 1 aliphatic carbocycles. The highest BCUT2D eigenvalue weighted by molar-refractivity contribution is 6.33. The molecule has 1 aromatic heterocycles. The van der Waals surface area contributed by atoms with E-state index in [4.69, 9.17) is 11.6 Å². The second-order valence-corrected chi connectivity index (χ2v) is 5.16. The molecule has 4 nitrogen and oxygen atoms in total. The molecule has 2 heterocycles. The number of carbonyl (C=O) groups is 1. The summed E-state index contributed by atoms with van der Waals surface area (Å²) < 4.78 is 1.57. The first kappa shape index (κ1) is 10.8. The fourth-order valence-corrected chi connectivity index (χ4v) is 3.19. The summed E-state index contributed by atoms with van der Waals surface area (Å²) >= 11 is 6.02. The van der Waals surface area contributed by atoms with Crippen molar-refractivity contribution < 1.29 is 4.79 Å². The van der Waals surface area contributed by atoms with Crippen molar-refractivity contribution in [2.45, 2.75) is 37.8 Å². The topological polar surface area (TPSA) is 51.1 Å². The average Bonchev–Trinajstić information content (AvgIpc) is 2.59. The number of aromatic nitrogens is 1. The van der Waals surface area contributed by atoms with E-state index in [-0.39, 0.29) is 11.5 Å². The number of rotatable bonds is 0. The van der Waals surface area contributed by atoms with E-state index in [9.17, 15) is 9.59 Å². The van der Waals surface area contributed by atoms with Crippen LogP contribution in [0.1, 0.15) is 42.6 Å². The van der Waals surface area contributed by atoms with Crippen LogP contribution in [0.2, 0.25) is 5.02 Å². The molecular weight excluding hydrogens is 240 g/mol. The molecular formula is C12H13ClN2O2. The van der Waals surface area contributed by atoms with Crippen LogP contribution in [0.5, 0.6) is 0 Å². The highest BCUT2D eigenvalue weighted by Gasteiger charge is 2.44. The minimum Gasteiger partial charge on any atom is -0.327 e. The Balaban J connectivity index is 2.25. The maximum absolute atomic E-state index is 12.0. The molecule has 90 valence electrons. The van der Waals surface area contributed by atoms with Gasteiger partial charge in [-0.05, 0) is 31.7 Å². The zero-order valence-corrected chi connectivity index (χ0v) is 10.1. The number of fused-ring (bicyclic) bond motifs is 2. The standard InChI is InChI=1S/C12H13ClN2O2/c13-8-4-5-9(16)15-10(8)11(17)14-12(15)6-2-1-3-7-12/h4-5H,1-3,6-7H2,(H,14,17). The fourth-order valence-electron chi connectivity index (χ4n) is 2.96. The summed E-state index contributed by atoms with van der Waals surface area (Å²) in [5, 5.41) is 3.31. The van der Waals surface area contributed by atoms with Gasteiger partial charge >= 0.3 is 0 Å². The maximum Gasteiger partial charge on any atom is 0.271 e. The number of carbonyl (C=O) groups excluding carboxylic acids is 1. The first-order valence-electron chi connectivity index (χ1n) is 5.89. The lowest BCUT2D eigenvalue weighted by Gasteiger charge is -2.34. The number of halogens is 1. The molecule has 0 radical (unpaired) electrons.